The normalized spacial score (nSPS) is 11.3. The Labute approximate surface area is 180 Å². The Morgan fingerprint density at radius 2 is 2.00 bits per heavy atom. The van der Waals surface area contributed by atoms with Gasteiger partial charge < -0.3 is 15.0 Å². The van der Waals surface area contributed by atoms with E-state index in [2.05, 4.69) is 10.3 Å². The maximum absolute atomic E-state index is 14.0. The van der Waals surface area contributed by atoms with E-state index in [0.717, 1.165) is 45.2 Å². The zero-order chi connectivity index (χ0) is 21.6. The van der Waals surface area contributed by atoms with Crippen LogP contribution in [0.25, 0.3) is 33.2 Å². The maximum Gasteiger partial charge on any atom is 0.220 e. The maximum atomic E-state index is 14.0. The zero-order valence-electron chi connectivity index (χ0n) is 17.6. The van der Waals surface area contributed by atoms with Crippen molar-refractivity contribution in [1.82, 2.24) is 15.3 Å². The second kappa shape index (κ2) is 9.71. The van der Waals surface area contributed by atoms with Crippen LogP contribution in [0.1, 0.15) is 24.8 Å². The molecule has 2 heterocycles. The fourth-order valence-corrected chi connectivity index (χ4v) is 3.86. The van der Waals surface area contributed by atoms with E-state index in [1.54, 1.807) is 19.2 Å². The molecule has 2 N–H and O–H groups in total. The number of hydrogen-bond acceptors (Lipinski definition) is 3. The summed E-state index contributed by atoms with van der Waals surface area (Å²) in [6, 6.07) is 16.7. The van der Waals surface area contributed by atoms with Crippen LogP contribution in [-0.2, 0) is 16.0 Å². The second-order valence-corrected chi connectivity index (χ2v) is 7.61. The van der Waals surface area contributed by atoms with Crippen LogP contribution in [0, 0.1) is 5.82 Å². The van der Waals surface area contributed by atoms with Crippen molar-refractivity contribution in [3.63, 3.8) is 0 Å². The molecule has 0 spiro atoms. The Morgan fingerprint density at radius 1 is 1.13 bits per heavy atom. The van der Waals surface area contributed by atoms with Crippen LogP contribution in [0.5, 0.6) is 0 Å². The summed E-state index contributed by atoms with van der Waals surface area (Å²) in [7, 11) is 1.65. The molecule has 4 rings (SSSR count). The summed E-state index contributed by atoms with van der Waals surface area (Å²) in [6.45, 7) is 1.24. The van der Waals surface area contributed by atoms with E-state index in [1.165, 1.54) is 6.07 Å². The minimum atomic E-state index is -0.276. The van der Waals surface area contributed by atoms with Crippen molar-refractivity contribution in [3.05, 3.63) is 66.0 Å². The predicted octanol–water partition coefficient (Wildman–Crippen LogP) is 5.00. The Kier molecular flexibility index (Phi) is 6.57. The topological polar surface area (TPSA) is 67.0 Å². The second-order valence-electron chi connectivity index (χ2n) is 7.61. The SMILES string of the molecule is COCCCNC(=O)CCCc1c(-c2ccc3ccccc3n2)[nH]c2ccc(F)cc12. The molecule has 0 bridgehead atoms. The van der Waals surface area contributed by atoms with Gasteiger partial charge >= 0.3 is 0 Å². The zero-order valence-corrected chi connectivity index (χ0v) is 17.6. The van der Waals surface area contributed by atoms with Gasteiger partial charge in [-0.05, 0) is 55.2 Å². The fraction of sp³-hybridized carbons (Fsp3) is 0.280. The lowest BCUT2D eigenvalue weighted by atomic mass is 10.0. The van der Waals surface area contributed by atoms with Crippen molar-refractivity contribution in [2.24, 2.45) is 0 Å². The molecule has 0 fully saturated rings. The number of nitrogens with one attached hydrogen (secondary N) is 2. The highest BCUT2D eigenvalue weighted by molar-refractivity contribution is 5.91. The first-order valence-corrected chi connectivity index (χ1v) is 10.6. The van der Waals surface area contributed by atoms with E-state index in [9.17, 15) is 9.18 Å². The third-order valence-electron chi connectivity index (χ3n) is 5.40. The molecule has 4 aromatic rings. The number of carbonyl (C=O) groups excluding carboxylic acids is 1. The summed E-state index contributed by atoms with van der Waals surface area (Å²) < 4.78 is 19.0. The third-order valence-corrected chi connectivity index (χ3v) is 5.40. The van der Waals surface area contributed by atoms with Crippen LogP contribution >= 0.6 is 0 Å². The molecule has 160 valence electrons. The van der Waals surface area contributed by atoms with E-state index in [0.29, 0.717) is 32.4 Å². The number of nitrogens with zero attached hydrogens (tertiary/aromatic N) is 1. The van der Waals surface area contributed by atoms with Gasteiger partial charge in [0.1, 0.15) is 5.82 Å². The number of aryl methyl sites for hydroxylation is 1. The molecule has 1 amide bonds. The van der Waals surface area contributed by atoms with Gasteiger partial charge in [-0.3, -0.25) is 4.79 Å². The molecule has 6 heteroatoms. The number of aromatic nitrogens is 2. The van der Waals surface area contributed by atoms with Crippen LogP contribution in [0.3, 0.4) is 0 Å². The van der Waals surface area contributed by atoms with E-state index >= 15 is 0 Å². The summed E-state index contributed by atoms with van der Waals surface area (Å²) in [6.07, 6.45) is 2.53. The predicted molar refractivity (Wildman–Crippen MR) is 121 cm³/mol. The first kappa shape index (κ1) is 21.0. The number of fused-ring (bicyclic) bond motifs is 2. The van der Waals surface area contributed by atoms with Crippen molar-refractivity contribution < 1.29 is 13.9 Å². The minimum Gasteiger partial charge on any atom is -0.385 e. The molecule has 0 atom stereocenters. The van der Waals surface area contributed by atoms with Gasteiger partial charge in [-0.25, -0.2) is 9.37 Å². The molecule has 0 aliphatic rings. The lowest BCUT2D eigenvalue weighted by molar-refractivity contribution is -0.121. The molecule has 0 unspecified atom stereocenters. The number of ether oxygens (including phenoxy) is 1. The Morgan fingerprint density at radius 3 is 2.87 bits per heavy atom. The number of para-hydroxylation sites is 1. The third kappa shape index (κ3) is 4.91. The number of benzene rings is 2. The number of methoxy groups -OCH3 is 1. The van der Waals surface area contributed by atoms with E-state index in [1.807, 2.05) is 36.4 Å². The summed E-state index contributed by atoms with van der Waals surface area (Å²) in [5, 5.41) is 4.82. The molecule has 0 aliphatic heterocycles. The first-order chi connectivity index (χ1) is 15.2. The van der Waals surface area contributed by atoms with Crippen LogP contribution in [0.4, 0.5) is 4.39 Å². The van der Waals surface area contributed by atoms with Gasteiger partial charge in [-0.15, -0.1) is 0 Å². The standard InChI is InChI=1S/C25H26FN3O2/c1-31-15-5-14-27-24(30)9-4-7-19-20-16-18(26)11-13-22(20)29-25(19)23-12-10-17-6-2-3-8-21(17)28-23/h2-3,6,8,10-13,16,29H,4-5,7,9,14-15H2,1H3,(H,27,30). The number of amides is 1. The summed E-state index contributed by atoms with van der Waals surface area (Å²) >= 11 is 0. The number of H-pyrrole nitrogens is 1. The molecule has 0 aliphatic carbocycles. The fourth-order valence-electron chi connectivity index (χ4n) is 3.86. The average molecular weight is 420 g/mol. The van der Waals surface area contributed by atoms with Crippen molar-refractivity contribution in [3.8, 4) is 11.4 Å². The molecule has 2 aromatic carbocycles. The molecule has 0 saturated heterocycles. The number of halogens is 1. The summed E-state index contributed by atoms with van der Waals surface area (Å²) in [4.78, 5) is 20.3. The lowest BCUT2D eigenvalue weighted by Gasteiger charge is -2.07. The van der Waals surface area contributed by atoms with Crippen LogP contribution in [0.15, 0.2) is 54.6 Å². The molecule has 31 heavy (non-hydrogen) atoms. The van der Waals surface area contributed by atoms with Gasteiger partial charge in [0.2, 0.25) is 5.91 Å². The Hall–Kier alpha value is -3.25. The van der Waals surface area contributed by atoms with E-state index < -0.39 is 0 Å². The number of carbonyl (C=O) groups is 1. The van der Waals surface area contributed by atoms with Crippen LogP contribution in [-0.4, -0.2) is 36.1 Å². The minimum absolute atomic E-state index is 0.0208. The molecular formula is C25H26FN3O2. The van der Waals surface area contributed by atoms with Gasteiger partial charge in [0.15, 0.2) is 0 Å². The largest absolute Gasteiger partial charge is 0.385 e. The quantitative estimate of drug-likeness (QED) is 0.375. The van der Waals surface area contributed by atoms with E-state index in [-0.39, 0.29) is 11.7 Å². The highest BCUT2D eigenvalue weighted by Gasteiger charge is 2.16. The number of aromatic amines is 1. The monoisotopic (exact) mass is 419 g/mol. The Balaban J connectivity index is 1.57. The number of hydrogen-bond donors (Lipinski definition) is 2. The van der Waals surface area contributed by atoms with Crippen molar-refractivity contribution >= 4 is 27.7 Å². The Bertz CT molecular complexity index is 1200. The van der Waals surface area contributed by atoms with Gasteiger partial charge in [-0.1, -0.05) is 24.3 Å². The smallest absolute Gasteiger partial charge is 0.220 e. The first-order valence-electron chi connectivity index (χ1n) is 10.6. The van der Waals surface area contributed by atoms with Crippen molar-refractivity contribution in [1.29, 1.82) is 0 Å². The van der Waals surface area contributed by atoms with Gasteiger partial charge in [0.05, 0.1) is 16.9 Å². The summed E-state index contributed by atoms with van der Waals surface area (Å²) in [5.74, 6) is -0.255. The summed E-state index contributed by atoms with van der Waals surface area (Å²) in [5.41, 5.74) is 4.46. The highest BCUT2D eigenvalue weighted by atomic mass is 19.1. The van der Waals surface area contributed by atoms with Gasteiger partial charge in [0, 0.05) is 43.0 Å². The van der Waals surface area contributed by atoms with Crippen LogP contribution in [0.2, 0.25) is 0 Å². The number of pyridine rings is 1. The van der Waals surface area contributed by atoms with E-state index in [4.69, 9.17) is 9.72 Å². The van der Waals surface area contributed by atoms with Crippen LogP contribution < -0.4 is 5.32 Å². The van der Waals surface area contributed by atoms with Gasteiger partial charge in [0.25, 0.3) is 0 Å². The molecular weight excluding hydrogens is 393 g/mol. The lowest BCUT2D eigenvalue weighted by Crippen LogP contribution is -2.24. The average Bonchev–Trinajstić information content (AvgIpc) is 3.14. The van der Waals surface area contributed by atoms with Crippen molar-refractivity contribution in [2.45, 2.75) is 25.7 Å². The molecule has 0 radical (unpaired) electrons. The highest BCUT2D eigenvalue weighted by Crippen LogP contribution is 2.32. The van der Waals surface area contributed by atoms with Gasteiger partial charge in [-0.2, -0.15) is 0 Å². The molecule has 0 saturated carbocycles. The molecule has 5 nitrogen and oxygen atoms in total. The number of rotatable bonds is 9. The van der Waals surface area contributed by atoms with Crippen molar-refractivity contribution in [2.75, 3.05) is 20.3 Å². The molecule has 2 aromatic heterocycles.